The third-order valence-corrected chi connectivity index (χ3v) is 13.2. The fourth-order valence-corrected chi connectivity index (χ4v) is 9.72. The molecule has 362 valence electrons. The molecule has 0 unspecified atom stereocenters. The summed E-state index contributed by atoms with van der Waals surface area (Å²) in [5, 5.41) is 8.20. The van der Waals surface area contributed by atoms with Crippen LogP contribution in [0.1, 0.15) is 90.1 Å². The number of aromatic nitrogens is 3. The number of hydrazine groups is 1. The number of methoxy groups -OCH3 is 1. The lowest BCUT2D eigenvalue weighted by Gasteiger charge is -2.43. The van der Waals surface area contributed by atoms with Gasteiger partial charge in [0.15, 0.2) is 0 Å². The zero-order chi connectivity index (χ0) is 43.0. The minimum Gasteiger partial charge on any atom is -0.464 e. The Labute approximate surface area is 422 Å². The van der Waals surface area contributed by atoms with E-state index in [4.69, 9.17) is 19.4 Å². The van der Waals surface area contributed by atoms with Crippen molar-refractivity contribution in [1.29, 1.82) is 0 Å². The number of carbonyl (C=O) groups is 4. The molecule has 2 saturated heterocycles. The van der Waals surface area contributed by atoms with Crippen LogP contribution >= 0.6 is 78.8 Å². The number of fused-ring (bicyclic) bond motifs is 6. The number of rotatable bonds is 8. The minimum atomic E-state index is -1.03. The van der Waals surface area contributed by atoms with E-state index in [1.807, 2.05) is 39.1 Å². The lowest BCUT2D eigenvalue weighted by atomic mass is 9.84. The fraction of sp³-hybridized carbons (Fsp3) is 0.556. The van der Waals surface area contributed by atoms with E-state index in [2.05, 4.69) is 60.3 Å². The van der Waals surface area contributed by atoms with E-state index in [0.29, 0.717) is 43.9 Å². The largest absolute Gasteiger partial charge is 0.464 e. The Balaban J connectivity index is 0.00000290. The molecule has 3 aliphatic rings. The number of urea groups is 1. The second-order valence-corrected chi connectivity index (χ2v) is 18.6. The van der Waals surface area contributed by atoms with Crippen LogP contribution in [0.25, 0.3) is 33.4 Å². The number of pyridine rings is 1. The molecule has 3 aliphatic heterocycles. The Kier molecular flexibility index (Phi) is 21.6. The molecule has 5 atom stereocenters. The molecule has 0 saturated carbocycles. The van der Waals surface area contributed by atoms with E-state index in [1.54, 1.807) is 25.3 Å². The van der Waals surface area contributed by atoms with Gasteiger partial charge in [0, 0.05) is 85.3 Å². The summed E-state index contributed by atoms with van der Waals surface area (Å²) in [5.74, 6) is -1.48. The average molecular weight is 1010 g/mol. The normalized spacial score (nSPS) is 20.2. The molecule has 65 heavy (non-hydrogen) atoms. The molecule has 4 amide bonds. The summed E-state index contributed by atoms with van der Waals surface area (Å²) >= 11 is 1.43. The number of likely N-dealkylation sites (N-methyl/N-ethyl adjacent to an activating group) is 1. The van der Waals surface area contributed by atoms with Crippen molar-refractivity contribution in [3.05, 3.63) is 58.2 Å². The summed E-state index contributed by atoms with van der Waals surface area (Å²) < 4.78 is 14.2. The number of cyclic esters (lactones) is 1. The number of benzene rings is 1. The highest BCUT2D eigenvalue weighted by Crippen LogP contribution is 2.42. The molecule has 0 radical (unpaired) electrons. The number of nitrogens with one attached hydrogen (secondary N) is 2. The maximum absolute atomic E-state index is 14.5. The number of nitrogens with zero attached hydrogens (tertiary/aromatic N) is 6. The van der Waals surface area contributed by atoms with Crippen LogP contribution in [0.5, 0.6) is 0 Å². The molecule has 0 aliphatic carbocycles. The molecule has 2 fully saturated rings. The molecule has 1 aromatic carbocycles. The molecule has 6 heterocycles. The molecule has 0 spiro atoms. The van der Waals surface area contributed by atoms with Gasteiger partial charge in [0.1, 0.15) is 18.1 Å². The van der Waals surface area contributed by atoms with E-state index in [9.17, 15) is 19.2 Å². The van der Waals surface area contributed by atoms with Crippen LogP contribution in [0.4, 0.5) is 4.79 Å². The molecule has 2 N–H and O–H groups in total. The van der Waals surface area contributed by atoms with Gasteiger partial charge < -0.3 is 29.2 Å². The van der Waals surface area contributed by atoms with Crippen molar-refractivity contribution < 1.29 is 28.7 Å². The predicted molar refractivity (Wildman–Crippen MR) is 284 cm³/mol. The maximum Gasteiger partial charge on any atom is 0.324 e. The molecule has 4 aromatic rings. The number of hydrogen-bond acceptors (Lipinski definition) is 10. The van der Waals surface area contributed by atoms with Crippen molar-refractivity contribution >= 4 is 114 Å². The van der Waals surface area contributed by atoms with Crippen LogP contribution in [-0.4, -0.2) is 111 Å². The number of esters is 1. The fourth-order valence-electron chi connectivity index (χ4n) is 8.87. The molecular weight excluding hydrogens is 941 g/mol. The smallest absolute Gasteiger partial charge is 0.324 e. The zero-order valence-corrected chi connectivity index (χ0v) is 44.7. The topological polar surface area (TPSA) is 151 Å². The molecule has 3 aromatic heterocycles. The van der Waals surface area contributed by atoms with Gasteiger partial charge in [0.25, 0.3) is 5.91 Å². The summed E-state index contributed by atoms with van der Waals surface area (Å²) in [4.78, 5) is 69.1. The number of ether oxygens (including phenoxy) is 2. The Hall–Kier alpha value is -3.11. The van der Waals surface area contributed by atoms with Crippen molar-refractivity contribution in [3.8, 4) is 22.5 Å². The van der Waals surface area contributed by atoms with E-state index in [0.717, 1.165) is 51.1 Å². The van der Waals surface area contributed by atoms with Gasteiger partial charge in [-0.25, -0.2) is 15.2 Å². The van der Waals surface area contributed by atoms with Crippen molar-refractivity contribution in [2.75, 3.05) is 33.9 Å². The highest BCUT2D eigenvalue weighted by Gasteiger charge is 2.40. The molecule has 7 rings (SSSR count). The standard InChI is InChI=1S/C45H60N8O6S.5H2S/c1-10-51-36-16-15-29-21-31(36)32(40(51)30-13-11-18-46-38(30)28(5)58-9)23-45(6,7)25-59-43(56)33-14-12-19-53(49-33)42(55)34(22-37-47-35(29)24-60-37)48-41(54)39(26(2)3)50(8)44(57)52-20-17-27(52)4;;;;;/h11,13,15-16,18,21,24,26-28,33-34,39,49H,10,12,14,17,19-20,22-23,25H2,1-9H3,(H,48,54);5*1H2/t27-,28-,33-,34-,39-;;;;;/m0...../s1. The van der Waals surface area contributed by atoms with Gasteiger partial charge in [0.2, 0.25) is 5.91 Å². The molecular formula is C45H70N8O6S6. The van der Waals surface area contributed by atoms with Crippen LogP contribution in [0.3, 0.4) is 0 Å². The van der Waals surface area contributed by atoms with Crippen LogP contribution in [-0.2, 0) is 43.2 Å². The zero-order valence-electron chi connectivity index (χ0n) is 38.9. The maximum atomic E-state index is 14.5. The summed E-state index contributed by atoms with van der Waals surface area (Å²) in [5.41, 5.74) is 9.41. The number of likely N-dealkylation sites (tertiary alicyclic amines) is 1. The quantitative estimate of drug-likeness (QED) is 0.179. The van der Waals surface area contributed by atoms with E-state index in [-0.39, 0.29) is 111 Å². The second kappa shape index (κ2) is 24.3. The Morgan fingerprint density at radius 2 is 1.80 bits per heavy atom. The summed E-state index contributed by atoms with van der Waals surface area (Å²) in [6.45, 7) is 16.0. The monoisotopic (exact) mass is 1010 g/mol. The first-order valence-electron chi connectivity index (χ1n) is 21.3. The van der Waals surface area contributed by atoms with Crippen molar-refractivity contribution in [1.82, 2.24) is 40.1 Å². The molecule has 14 nitrogen and oxygen atoms in total. The summed E-state index contributed by atoms with van der Waals surface area (Å²) in [7, 11) is 3.34. The van der Waals surface area contributed by atoms with Crippen LogP contribution in [0.2, 0.25) is 0 Å². The van der Waals surface area contributed by atoms with E-state index < -0.39 is 35.4 Å². The lowest BCUT2D eigenvalue weighted by molar-refractivity contribution is -0.155. The van der Waals surface area contributed by atoms with Gasteiger partial charge >= 0.3 is 12.0 Å². The molecule has 6 bridgehead atoms. The molecule has 20 heteroatoms. The van der Waals surface area contributed by atoms with E-state index >= 15 is 0 Å². The second-order valence-electron chi connectivity index (χ2n) is 17.7. The van der Waals surface area contributed by atoms with Crippen molar-refractivity contribution in [2.24, 2.45) is 11.3 Å². The SMILES string of the molecule is CCn1c(-c2cccnc2[C@H](C)OC)c2c3cc(ccc31)-c1csc(n1)C[C@H](NC(=O)[C@H](C(C)C)N(C)C(=O)N1CC[C@@H]1C)C(=O)N1CCC[C@H](N1)C(=O)OCC(C)(C)C2.S.S.S.S.S. The number of carbonyl (C=O) groups excluding carboxylic acids is 4. The third-order valence-electron chi connectivity index (χ3n) is 12.3. The van der Waals surface area contributed by atoms with Crippen molar-refractivity contribution in [2.45, 2.75) is 117 Å². The van der Waals surface area contributed by atoms with Crippen LogP contribution in [0, 0.1) is 11.3 Å². The lowest BCUT2D eigenvalue weighted by Crippen LogP contribution is -2.63. The Morgan fingerprint density at radius 3 is 2.43 bits per heavy atom. The number of amides is 4. The Morgan fingerprint density at radius 1 is 1.08 bits per heavy atom. The first kappa shape index (κ1) is 58.0. The van der Waals surface area contributed by atoms with Crippen LogP contribution < -0.4 is 10.7 Å². The summed E-state index contributed by atoms with van der Waals surface area (Å²) in [6.07, 6.45) is 4.24. The average Bonchev–Trinajstić information content (AvgIpc) is 3.82. The minimum absolute atomic E-state index is 0. The van der Waals surface area contributed by atoms with Gasteiger partial charge in [-0.3, -0.25) is 24.4 Å². The first-order valence-corrected chi connectivity index (χ1v) is 22.2. The third kappa shape index (κ3) is 12.1. The van der Waals surface area contributed by atoms with Crippen LogP contribution in [0.15, 0.2) is 41.9 Å². The summed E-state index contributed by atoms with van der Waals surface area (Å²) in [6, 6.07) is 7.76. The number of hydrogen-bond donors (Lipinski definition) is 2. The number of aryl methyl sites for hydroxylation is 1. The number of thiazole rings is 1. The van der Waals surface area contributed by atoms with Gasteiger partial charge in [-0.05, 0) is 82.2 Å². The Bertz CT molecular complexity index is 2270. The van der Waals surface area contributed by atoms with Crippen molar-refractivity contribution in [3.63, 3.8) is 0 Å². The predicted octanol–water partition coefficient (Wildman–Crippen LogP) is 6.94. The highest BCUT2D eigenvalue weighted by molar-refractivity contribution is 7.60. The highest BCUT2D eigenvalue weighted by atomic mass is 32.1. The first-order chi connectivity index (χ1) is 28.6. The van der Waals surface area contributed by atoms with Gasteiger partial charge in [-0.1, -0.05) is 33.8 Å². The van der Waals surface area contributed by atoms with Gasteiger partial charge in [-0.15, -0.1) is 11.3 Å². The van der Waals surface area contributed by atoms with Gasteiger partial charge in [0.05, 0.1) is 34.8 Å². The van der Waals surface area contributed by atoms with E-state index in [1.165, 1.54) is 21.2 Å². The van der Waals surface area contributed by atoms with Gasteiger partial charge in [-0.2, -0.15) is 67.5 Å².